The number of benzene rings is 4. The van der Waals surface area contributed by atoms with E-state index < -0.39 is 30.5 Å². The zero-order valence-corrected chi connectivity index (χ0v) is 76.2. The second-order valence-corrected chi connectivity index (χ2v) is 24.1. The Hall–Kier alpha value is -18.2. The molecule has 0 aliphatic heterocycles. The van der Waals surface area contributed by atoms with E-state index in [4.69, 9.17) is 71.1 Å². The van der Waals surface area contributed by atoms with Gasteiger partial charge in [0, 0.05) is 239 Å². The first-order valence-corrected chi connectivity index (χ1v) is 35.9. The number of hydrogen-bond acceptors (Lipinski definition) is 32. The maximum Gasteiger partial charge on any atom is 0.356 e. The van der Waals surface area contributed by atoms with E-state index >= 15 is 0 Å². The van der Waals surface area contributed by atoms with Crippen molar-refractivity contribution in [2.75, 3.05) is 0 Å². The van der Waals surface area contributed by atoms with E-state index in [2.05, 4.69) is 92.3 Å². The molecule has 0 unspecified atom stereocenters. The van der Waals surface area contributed by atoms with Crippen molar-refractivity contribution in [2.24, 2.45) is 0 Å². The van der Waals surface area contributed by atoms with Crippen LogP contribution in [-0.2, 0) is 95.8 Å². The molecule has 0 aliphatic carbocycles. The summed E-state index contributed by atoms with van der Waals surface area (Å²) in [4.78, 5) is 188. The summed E-state index contributed by atoms with van der Waals surface area (Å²) in [6, 6.07) is 56.0. The van der Waals surface area contributed by atoms with Crippen LogP contribution in [0.15, 0.2) is 293 Å². The second kappa shape index (κ2) is 90.0. The number of aromatic nitrogens is 8. The van der Waals surface area contributed by atoms with E-state index in [0.29, 0.717) is 96.9 Å². The van der Waals surface area contributed by atoms with Crippen LogP contribution in [-0.4, -0.2) is 205 Å². The normalized spacial score (nSPS) is 8.39. The quantitative estimate of drug-likeness (QED) is 0.0167. The maximum atomic E-state index is 12.3. The number of pyridine rings is 8. The van der Waals surface area contributed by atoms with E-state index in [0.717, 1.165) is 44.5 Å². The van der Waals surface area contributed by atoms with E-state index in [1.807, 2.05) is 97.1 Å². The molecule has 144 heavy (non-hydrogen) atoms. The van der Waals surface area contributed by atoms with Crippen LogP contribution >= 0.6 is 0 Å². The van der Waals surface area contributed by atoms with Crippen molar-refractivity contribution < 1.29 is 200 Å². The van der Waals surface area contributed by atoms with Crippen molar-refractivity contribution in [1.29, 1.82) is 0 Å². The zero-order valence-electron chi connectivity index (χ0n) is 74.1. The number of hydrogen-bond donors (Lipinski definition) is 8. The van der Waals surface area contributed by atoms with Crippen molar-refractivity contribution >= 4 is 47.3 Å². The first-order chi connectivity index (χ1) is 60.6. The Morgan fingerprint density at radius 1 is 0.194 bits per heavy atom. The van der Waals surface area contributed by atoms with Gasteiger partial charge in [-0.2, -0.15) is 0 Å². The molecule has 0 bridgehead atoms. The van der Waals surface area contributed by atoms with Gasteiger partial charge in [0.25, 0.3) is 47.3 Å². The molecular weight excluding hydrogens is 2030 g/mol. The molecular formula is C80H104Co2N22O40-2. The van der Waals surface area contributed by atoms with Gasteiger partial charge in [-0.1, -0.05) is 24.3 Å². The van der Waals surface area contributed by atoms with Crippen LogP contribution in [0, 0.1) is 71.1 Å². The predicted molar refractivity (Wildman–Crippen MR) is 498 cm³/mol. The van der Waals surface area contributed by atoms with Crippen molar-refractivity contribution in [2.45, 2.75) is 52.4 Å². The molecule has 40 N–H and O–H groups in total. The van der Waals surface area contributed by atoms with Crippen molar-refractivity contribution in [3.8, 4) is 0 Å². The zero-order chi connectivity index (χ0) is 91.6. The minimum Gasteiger partial charge on any atom is -0.412 e. The fourth-order valence-corrected chi connectivity index (χ4v) is 9.60. The van der Waals surface area contributed by atoms with E-state index in [1.165, 1.54) is 0 Å². The summed E-state index contributed by atoms with van der Waals surface area (Å²) in [6.07, 6.45) is 26.8. The SMILES string of the molecule is O.O.O.O.O.O.O.O.O.O.O.O.O.O.O.O.O=C(NCc1ccncc1)c1cccc(C(=O)NCc2ccncc2)c1.O=C(NCc1ccncc1)c1cccc(C(=O)NCc2ccncc2)c1.O=C(NCc1ccncc1)c1cccc(C(=O)NCc2ccncc2)c1.O=C(NCc1ccncc1)c1cccc(C(=O)NCc2ccncc2)c1.O=[N+]([O-])O[N+](=O)[O-].O=[N+]([O-])O[N+](=O)[O-].O=[N+]([O-])[O-].O=[N+]([O-])[O-].[Co].[Co]. The number of carbonyl (C=O) groups is 8. The second-order valence-electron chi connectivity index (χ2n) is 24.1. The van der Waals surface area contributed by atoms with Crippen LogP contribution in [0.5, 0.6) is 0 Å². The van der Waals surface area contributed by atoms with Crippen LogP contribution in [0.1, 0.15) is 127 Å². The number of nitrogens with zero attached hydrogens (tertiary/aromatic N) is 14. The Bertz CT molecular complexity index is 4610. The van der Waals surface area contributed by atoms with Crippen molar-refractivity contribution in [3.63, 3.8) is 0 Å². The van der Waals surface area contributed by atoms with Gasteiger partial charge in [0.1, 0.15) is 0 Å². The number of nitrogens with one attached hydrogen (secondary N) is 8. The van der Waals surface area contributed by atoms with Crippen LogP contribution in [0.4, 0.5) is 0 Å². The summed E-state index contributed by atoms with van der Waals surface area (Å²) in [6.45, 7) is 3.22. The summed E-state index contributed by atoms with van der Waals surface area (Å²) >= 11 is 0. The molecule has 8 amide bonds. The van der Waals surface area contributed by atoms with Gasteiger partial charge in [-0.05, 0) is 214 Å². The molecule has 0 saturated carbocycles. The molecule has 4 aromatic carbocycles. The number of carbonyl (C=O) groups excluding carboxylic acids is 8. The van der Waals surface area contributed by atoms with Gasteiger partial charge in [-0.25, -0.2) is 0 Å². The number of rotatable bonds is 28. The number of amides is 8. The first-order valence-electron chi connectivity index (χ1n) is 35.9. The Labute approximate surface area is 831 Å². The monoisotopic (exact) mass is 2130 g/mol. The molecule has 12 rings (SSSR count). The van der Waals surface area contributed by atoms with Crippen molar-refractivity contribution in [1.82, 2.24) is 82.4 Å². The van der Waals surface area contributed by atoms with Gasteiger partial charge in [0.05, 0.1) is 10.2 Å². The van der Waals surface area contributed by atoms with Crippen LogP contribution in [0.25, 0.3) is 0 Å². The summed E-state index contributed by atoms with van der Waals surface area (Å²) < 4.78 is 0. The minimum absolute atomic E-state index is 0. The molecule has 0 atom stereocenters. The van der Waals surface area contributed by atoms with E-state index in [9.17, 15) is 38.4 Å². The van der Waals surface area contributed by atoms with Gasteiger partial charge in [-0.3, -0.25) is 78.2 Å². The molecule has 0 spiro atoms. The molecule has 8 aromatic heterocycles. The summed E-state index contributed by atoms with van der Waals surface area (Å²) in [5.41, 5.74) is 11.2. The largest absolute Gasteiger partial charge is 0.412 e. The molecule has 0 fully saturated rings. The Morgan fingerprint density at radius 2 is 0.285 bits per heavy atom. The molecule has 8 heterocycles. The summed E-state index contributed by atoms with van der Waals surface area (Å²) in [5, 5.41) is 82.0. The van der Waals surface area contributed by atoms with Crippen LogP contribution in [0.3, 0.4) is 0 Å². The standard InChI is InChI=1S/4C20H18N4O2.2Co.2N2O5.2NO3.16H2O/c4*25-19(23-13-15-4-8-21-9-5-15)17-2-1-3-18(12-17)20(26)24-14-16-6-10-22-11-7-16;;;2*3-1(4)7-2(5)6;2*2-1(3)4;;;;;;;;;;;;;;;;/h4*1-12H,13-14H2,(H,23,25)(H,24,26);;;;;;;16*1H2/q;;;;;;;;2*-1;;;;;;;;;;;;;;;;. The molecule has 2 radical (unpaired) electrons. The third-order valence-electron chi connectivity index (χ3n) is 15.4. The van der Waals surface area contributed by atoms with Crippen LogP contribution < -0.4 is 42.5 Å². The maximum absolute atomic E-state index is 12.3. The summed E-state index contributed by atoms with van der Waals surface area (Å²) in [7, 11) is 0. The average Bonchev–Trinajstić information content (AvgIpc) is 0.869. The van der Waals surface area contributed by atoms with Gasteiger partial charge in [0.15, 0.2) is 0 Å². The minimum atomic E-state index is -1.75. The fraction of sp³-hybridized carbons (Fsp3) is 0.100. The van der Waals surface area contributed by atoms with Gasteiger partial charge >= 0.3 is 20.3 Å². The summed E-state index contributed by atoms with van der Waals surface area (Å²) in [5.74, 6) is -1.85. The molecule has 62 nitrogen and oxygen atoms in total. The van der Waals surface area contributed by atoms with E-state index in [1.54, 1.807) is 196 Å². The topological polar surface area (TPSA) is 1160 Å². The molecule has 12 aromatic rings. The predicted octanol–water partition coefficient (Wildman–Crippen LogP) is -5.56. The van der Waals surface area contributed by atoms with Gasteiger partial charge in [-0.15, -0.1) is 40.5 Å². The molecule has 0 aliphatic rings. The Balaban J connectivity index is -0.000000117. The third-order valence-corrected chi connectivity index (χ3v) is 15.4. The Morgan fingerprint density at radius 3 is 0.361 bits per heavy atom. The van der Waals surface area contributed by atoms with Crippen molar-refractivity contribution in [3.05, 3.63) is 453 Å². The Kier molecular flexibility index (Phi) is 98.0. The third kappa shape index (κ3) is 67.9. The smallest absolute Gasteiger partial charge is 0.356 e. The molecule has 0 saturated heterocycles. The van der Waals surface area contributed by atoms with E-state index in [-0.39, 0.29) is 168 Å². The first kappa shape index (κ1) is 157. The van der Waals surface area contributed by atoms with Gasteiger partial charge in [0.2, 0.25) is 0 Å². The average molecular weight is 2130 g/mol. The molecule has 64 heteroatoms. The molecule has 794 valence electrons. The van der Waals surface area contributed by atoms with Gasteiger partial charge < -0.3 is 161 Å². The fourth-order valence-electron chi connectivity index (χ4n) is 9.60. The van der Waals surface area contributed by atoms with Crippen LogP contribution in [0.2, 0.25) is 0 Å².